The van der Waals surface area contributed by atoms with Gasteiger partial charge >= 0.3 is 0 Å². The van der Waals surface area contributed by atoms with Crippen LogP contribution in [0.1, 0.15) is 47.2 Å². The quantitative estimate of drug-likeness (QED) is 0.316. The van der Waals surface area contributed by atoms with Crippen LogP contribution in [-0.2, 0) is 19.2 Å². The molecule has 1 unspecified atom stereocenters. The standard InChI is InChI=1S/C26H25N7O9/c1-13-17(8-16(32(38)39)9-20(13)33(40)41)25(37)31-12-26(11-21(31)23(27)35)10-19(30-42-26)14-3-2-4-15(7-14)28-24(36)18-5-6-22(34)29-18/h2-4,7-9,18,21H,5-6,10-12H2,1H3,(H2,27,35)(H,28,36)(H,29,34)/t18-,21-,26?/m1/s1. The Morgan fingerprint density at radius 1 is 1.19 bits per heavy atom. The number of carbonyl (C=O) groups is 4. The highest BCUT2D eigenvalue weighted by Crippen LogP contribution is 2.40. The summed E-state index contributed by atoms with van der Waals surface area (Å²) in [5.74, 6) is -2.24. The van der Waals surface area contributed by atoms with Crippen molar-refractivity contribution < 1.29 is 33.9 Å². The van der Waals surface area contributed by atoms with Gasteiger partial charge in [-0.1, -0.05) is 17.3 Å². The van der Waals surface area contributed by atoms with E-state index >= 15 is 0 Å². The molecule has 218 valence electrons. The zero-order chi connectivity index (χ0) is 30.3. The second-order valence-electron chi connectivity index (χ2n) is 10.4. The first-order valence-electron chi connectivity index (χ1n) is 12.9. The number of rotatable bonds is 7. The molecular weight excluding hydrogens is 554 g/mol. The van der Waals surface area contributed by atoms with Gasteiger partial charge in [0, 0.05) is 42.1 Å². The number of non-ortho nitro benzene ring substituents is 1. The molecule has 2 fully saturated rings. The van der Waals surface area contributed by atoms with Crippen molar-refractivity contribution in [3.8, 4) is 0 Å². The van der Waals surface area contributed by atoms with Crippen molar-refractivity contribution in [3.05, 3.63) is 73.3 Å². The first kappa shape index (κ1) is 28.1. The highest BCUT2D eigenvalue weighted by Gasteiger charge is 2.53. The molecule has 3 aliphatic rings. The van der Waals surface area contributed by atoms with Gasteiger partial charge in [0.25, 0.3) is 17.3 Å². The fraction of sp³-hybridized carbons (Fsp3) is 0.346. The number of likely N-dealkylation sites (tertiary alicyclic amines) is 1. The van der Waals surface area contributed by atoms with Crippen LogP contribution in [0.5, 0.6) is 0 Å². The number of nitrogens with one attached hydrogen (secondary N) is 2. The van der Waals surface area contributed by atoms with Crippen molar-refractivity contribution in [2.75, 3.05) is 11.9 Å². The molecule has 5 rings (SSSR count). The average molecular weight is 580 g/mol. The maximum Gasteiger partial charge on any atom is 0.279 e. The molecule has 3 heterocycles. The highest BCUT2D eigenvalue weighted by molar-refractivity contribution is 6.05. The Balaban J connectivity index is 1.36. The van der Waals surface area contributed by atoms with E-state index < -0.39 is 50.7 Å². The summed E-state index contributed by atoms with van der Waals surface area (Å²) < 4.78 is 0. The molecule has 16 nitrogen and oxygen atoms in total. The first-order chi connectivity index (χ1) is 19.9. The van der Waals surface area contributed by atoms with Crippen LogP contribution in [0.2, 0.25) is 0 Å². The number of nitrogens with zero attached hydrogens (tertiary/aromatic N) is 4. The Morgan fingerprint density at radius 3 is 2.60 bits per heavy atom. The lowest BCUT2D eigenvalue weighted by molar-refractivity contribution is -0.394. The SMILES string of the molecule is Cc1c(C(=O)N2CC3(CC(c4cccc(NC(=O)[C@H]5CCC(=O)N5)c4)=NO3)C[C@@H]2C(N)=O)cc([N+](=O)[O-])cc1[N+](=O)[O-]. The Hall–Kier alpha value is -5.41. The minimum absolute atomic E-state index is 0.0328. The Labute approximate surface area is 237 Å². The molecule has 0 saturated carbocycles. The van der Waals surface area contributed by atoms with Gasteiger partial charge in [-0.25, -0.2) is 0 Å². The summed E-state index contributed by atoms with van der Waals surface area (Å²) in [7, 11) is 0. The van der Waals surface area contributed by atoms with Crippen LogP contribution >= 0.6 is 0 Å². The second-order valence-corrected chi connectivity index (χ2v) is 10.4. The first-order valence-corrected chi connectivity index (χ1v) is 12.9. The number of primary amides is 1. The summed E-state index contributed by atoms with van der Waals surface area (Å²) in [4.78, 5) is 78.1. The van der Waals surface area contributed by atoms with Crippen molar-refractivity contribution in [1.29, 1.82) is 0 Å². The van der Waals surface area contributed by atoms with Gasteiger partial charge in [0.05, 0.1) is 33.7 Å². The fourth-order valence-corrected chi connectivity index (χ4v) is 5.46. The van der Waals surface area contributed by atoms with Gasteiger partial charge in [-0.05, 0) is 25.5 Å². The number of nitro benzene ring substituents is 2. The van der Waals surface area contributed by atoms with Crippen LogP contribution in [0, 0.1) is 27.2 Å². The van der Waals surface area contributed by atoms with Crippen LogP contribution in [0.3, 0.4) is 0 Å². The summed E-state index contributed by atoms with van der Waals surface area (Å²) >= 11 is 0. The number of benzene rings is 2. The summed E-state index contributed by atoms with van der Waals surface area (Å²) in [5.41, 5.74) is 4.34. The topological polar surface area (TPSA) is 229 Å². The van der Waals surface area contributed by atoms with E-state index in [1.54, 1.807) is 24.3 Å². The van der Waals surface area contributed by atoms with E-state index in [2.05, 4.69) is 15.8 Å². The molecular formula is C26H25N7O9. The Morgan fingerprint density at radius 2 is 1.95 bits per heavy atom. The molecule has 16 heteroatoms. The van der Waals surface area contributed by atoms with E-state index in [0.717, 1.165) is 17.0 Å². The molecule has 0 aromatic heterocycles. The summed E-state index contributed by atoms with van der Waals surface area (Å²) in [5, 5.41) is 32.5. The number of nitrogens with two attached hydrogens (primary N) is 1. The van der Waals surface area contributed by atoms with E-state index in [4.69, 9.17) is 10.6 Å². The van der Waals surface area contributed by atoms with Crippen molar-refractivity contribution >= 4 is 46.4 Å². The van der Waals surface area contributed by atoms with Crippen LogP contribution in [-0.4, -0.2) is 68.3 Å². The molecule has 3 aliphatic heterocycles. The Bertz CT molecular complexity index is 1590. The normalized spacial score (nSPS) is 22.8. The van der Waals surface area contributed by atoms with Crippen molar-refractivity contribution in [3.63, 3.8) is 0 Å². The monoisotopic (exact) mass is 579 g/mol. The number of carbonyl (C=O) groups excluding carboxylic acids is 4. The molecule has 3 atom stereocenters. The third kappa shape index (κ3) is 5.21. The Kier molecular flexibility index (Phi) is 7.05. The van der Waals surface area contributed by atoms with Gasteiger partial charge in [-0.15, -0.1) is 0 Å². The minimum atomic E-state index is -1.17. The lowest BCUT2D eigenvalue weighted by Gasteiger charge is -2.23. The summed E-state index contributed by atoms with van der Waals surface area (Å²) in [6.45, 7) is 1.13. The van der Waals surface area contributed by atoms with E-state index in [9.17, 15) is 39.4 Å². The largest absolute Gasteiger partial charge is 0.387 e. The maximum atomic E-state index is 13.6. The molecule has 0 radical (unpaired) electrons. The van der Waals surface area contributed by atoms with Crippen LogP contribution in [0.25, 0.3) is 0 Å². The predicted molar refractivity (Wildman–Crippen MR) is 144 cm³/mol. The lowest BCUT2D eigenvalue weighted by atomic mass is 9.91. The second kappa shape index (κ2) is 10.5. The number of hydrogen-bond donors (Lipinski definition) is 3. The van der Waals surface area contributed by atoms with E-state index in [1.807, 2.05) is 0 Å². The van der Waals surface area contributed by atoms with Gasteiger partial charge in [-0.3, -0.25) is 39.4 Å². The zero-order valence-corrected chi connectivity index (χ0v) is 22.2. The molecule has 2 saturated heterocycles. The zero-order valence-electron chi connectivity index (χ0n) is 22.2. The van der Waals surface area contributed by atoms with Gasteiger partial charge in [0.1, 0.15) is 12.1 Å². The number of amides is 4. The summed E-state index contributed by atoms with van der Waals surface area (Å²) in [6, 6.07) is 6.68. The van der Waals surface area contributed by atoms with Crippen molar-refractivity contribution in [2.45, 2.75) is 50.3 Å². The number of anilines is 1. The van der Waals surface area contributed by atoms with Crippen LogP contribution < -0.4 is 16.4 Å². The van der Waals surface area contributed by atoms with Gasteiger partial charge in [-0.2, -0.15) is 0 Å². The molecule has 4 N–H and O–H groups in total. The van der Waals surface area contributed by atoms with Crippen molar-refractivity contribution in [2.24, 2.45) is 10.9 Å². The fourth-order valence-electron chi connectivity index (χ4n) is 5.46. The highest BCUT2D eigenvalue weighted by atomic mass is 16.7. The predicted octanol–water partition coefficient (Wildman–Crippen LogP) is 1.29. The third-order valence-electron chi connectivity index (χ3n) is 7.61. The molecule has 0 aliphatic carbocycles. The summed E-state index contributed by atoms with van der Waals surface area (Å²) in [6.07, 6.45) is 0.796. The average Bonchev–Trinajstić information content (AvgIpc) is 3.67. The van der Waals surface area contributed by atoms with Gasteiger partial charge in [0.2, 0.25) is 17.7 Å². The molecule has 1 spiro atoms. The number of oxime groups is 1. The van der Waals surface area contributed by atoms with Crippen LogP contribution in [0.4, 0.5) is 17.1 Å². The minimum Gasteiger partial charge on any atom is -0.387 e. The lowest BCUT2D eigenvalue weighted by Crippen LogP contribution is -2.44. The maximum absolute atomic E-state index is 13.6. The van der Waals surface area contributed by atoms with E-state index in [1.165, 1.54) is 6.92 Å². The molecule has 2 aromatic carbocycles. The van der Waals surface area contributed by atoms with E-state index in [-0.39, 0.29) is 48.7 Å². The number of nitro groups is 2. The number of hydrogen-bond acceptors (Lipinski definition) is 10. The van der Waals surface area contributed by atoms with Crippen LogP contribution in [0.15, 0.2) is 41.6 Å². The van der Waals surface area contributed by atoms with Gasteiger partial charge in [0.15, 0.2) is 5.60 Å². The molecule has 2 aromatic rings. The molecule has 4 amide bonds. The van der Waals surface area contributed by atoms with E-state index in [0.29, 0.717) is 23.4 Å². The molecule has 42 heavy (non-hydrogen) atoms. The van der Waals surface area contributed by atoms with Gasteiger partial charge < -0.3 is 26.1 Å². The van der Waals surface area contributed by atoms with Crippen molar-refractivity contribution in [1.82, 2.24) is 10.2 Å². The third-order valence-corrected chi connectivity index (χ3v) is 7.61. The smallest absolute Gasteiger partial charge is 0.279 e. The molecule has 0 bridgehead atoms.